The van der Waals surface area contributed by atoms with Crippen molar-refractivity contribution < 1.29 is 9.53 Å². The maximum absolute atomic E-state index is 12.4. The van der Waals surface area contributed by atoms with E-state index < -0.39 is 5.60 Å². The molecule has 1 amide bonds. The predicted molar refractivity (Wildman–Crippen MR) is 131 cm³/mol. The van der Waals surface area contributed by atoms with Crippen LogP contribution in [-0.2, 0) is 11.2 Å². The van der Waals surface area contributed by atoms with Crippen molar-refractivity contribution in [2.24, 2.45) is 0 Å². The molecule has 162 valence electrons. The smallest absolute Gasteiger partial charge is 0.410 e. The number of carbonyl (C=O) groups excluding carboxylic acids is 1. The SMILES string of the molecule is CC(C)(C)OC(=O)N1CCN(c2cccc3c2CC(c2cccc4sccc24)S3)CC1. The van der Waals surface area contributed by atoms with Crippen LogP contribution in [0.25, 0.3) is 10.1 Å². The number of thiophene rings is 1. The molecule has 0 spiro atoms. The lowest BCUT2D eigenvalue weighted by Crippen LogP contribution is -2.50. The Morgan fingerprint density at radius 1 is 1.03 bits per heavy atom. The Labute approximate surface area is 192 Å². The van der Waals surface area contributed by atoms with E-state index in [4.69, 9.17) is 4.74 Å². The Hall–Kier alpha value is -2.18. The second-order valence-corrected chi connectivity index (χ2v) is 11.4. The zero-order chi connectivity index (χ0) is 21.6. The minimum atomic E-state index is -0.452. The number of fused-ring (bicyclic) bond motifs is 2. The summed E-state index contributed by atoms with van der Waals surface area (Å²) in [6.07, 6.45) is 0.849. The molecule has 0 bridgehead atoms. The Balaban J connectivity index is 1.32. The van der Waals surface area contributed by atoms with Gasteiger partial charge >= 0.3 is 6.09 Å². The zero-order valence-corrected chi connectivity index (χ0v) is 19.9. The minimum Gasteiger partial charge on any atom is -0.444 e. The Bertz CT molecular complexity index is 1110. The topological polar surface area (TPSA) is 32.8 Å². The summed E-state index contributed by atoms with van der Waals surface area (Å²) in [5.74, 6) is 0. The first-order valence-electron chi connectivity index (χ1n) is 10.9. The number of benzene rings is 2. The highest BCUT2D eigenvalue weighted by atomic mass is 32.2. The third-order valence-electron chi connectivity index (χ3n) is 5.92. The first-order chi connectivity index (χ1) is 14.9. The fourth-order valence-corrected chi connectivity index (χ4v) is 6.67. The van der Waals surface area contributed by atoms with Crippen molar-refractivity contribution in [2.45, 2.75) is 42.9 Å². The molecular weight excluding hydrogens is 424 g/mol. The molecule has 2 aliphatic heterocycles. The second kappa shape index (κ2) is 8.06. The molecule has 1 unspecified atom stereocenters. The summed E-state index contributed by atoms with van der Waals surface area (Å²) in [6, 6.07) is 15.6. The van der Waals surface area contributed by atoms with Crippen molar-refractivity contribution in [3.8, 4) is 0 Å². The third-order valence-corrected chi connectivity index (χ3v) is 8.14. The fraction of sp³-hybridized carbons (Fsp3) is 0.400. The number of carbonyl (C=O) groups is 1. The van der Waals surface area contributed by atoms with Gasteiger partial charge in [-0.15, -0.1) is 23.1 Å². The monoisotopic (exact) mass is 452 g/mol. The van der Waals surface area contributed by atoms with E-state index in [1.54, 1.807) is 0 Å². The quantitative estimate of drug-likeness (QED) is 0.454. The molecule has 0 N–H and O–H groups in total. The molecule has 0 aliphatic carbocycles. The number of nitrogens with zero attached hydrogens (tertiary/aromatic N) is 2. The van der Waals surface area contributed by atoms with Crippen LogP contribution >= 0.6 is 23.1 Å². The molecule has 2 aliphatic rings. The number of hydrogen-bond acceptors (Lipinski definition) is 5. The van der Waals surface area contributed by atoms with Crippen molar-refractivity contribution in [3.63, 3.8) is 0 Å². The van der Waals surface area contributed by atoms with E-state index in [9.17, 15) is 4.79 Å². The lowest BCUT2D eigenvalue weighted by molar-refractivity contribution is 0.0240. The standard InChI is InChI=1S/C25H28N2O2S2/c1-25(2,3)29-24(28)27-13-11-26(12-14-27)20-7-5-9-22-19(20)16-23(31-22)17-6-4-8-21-18(17)10-15-30-21/h4-10,15,23H,11-14,16H2,1-3H3. The maximum atomic E-state index is 12.4. The molecule has 1 fully saturated rings. The highest BCUT2D eigenvalue weighted by Gasteiger charge is 2.31. The lowest BCUT2D eigenvalue weighted by atomic mass is 10.00. The first-order valence-corrected chi connectivity index (χ1v) is 12.6. The van der Waals surface area contributed by atoms with Gasteiger partial charge in [0, 0.05) is 46.7 Å². The van der Waals surface area contributed by atoms with Gasteiger partial charge in [0.2, 0.25) is 0 Å². The van der Waals surface area contributed by atoms with Crippen LogP contribution in [-0.4, -0.2) is 42.8 Å². The fourth-order valence-electron chi connectivity index (χ4n) is 4.47. The van der Waals surface area contributed by atoms with E-state index in [0.29, 0.717) is 18.3 Å². The van der Waals surface area contributed by atoms with Gasteiger partial charge in [0.1, 0.15) is 5.60 Å². The van der Waals surface area contributed by atoms with E-state index in [1.165, 1.54) is 31.8 Å². The summed E-state index contributed by atoms with van der Waals surface area (Å²) in [4.78, 5) is 18.1. The Morgan fingerprint density at radius 3 is 2.58 bits per heavy atom. The van der Waals surface area contributed by atoms with Gasteiger partial charge in [-0.25, -0.2) is 4.79 Å². The van der Waals surface area contributed by atoms with E-state index in [1.807, 2.05) is 48.8 Å². The summed E-state index contributed by atoms with van der Waals surface area (Å²) < 4.78 is 6.92. The van der Waals surface area contributed by atoms with Gasteiger partial charge < -0.3 is 14.5 Å². The van der Waals surface area contributed by atoms with E-state index in [0.717, 1.165) is 19.5 Å². The molecule has 2 aromatic carbocycles. The van der Waals surface area contributed by atoms with E-state index in [-0.39, 0.29) is 6.09 Å². The van der Waals surface area contributed by atoms with Crippen LogP contribution in [0.3, 0.4) is 0 Å². The number of hydrogen-bond donors (Lipinski definition) is 0. The molecule has 0 saturated carbocycles. The summed E-state index contributed by atoms with van der Waals surface area (Å²) in [7, 11) is 0. The zero-order valence-electron chi connectivity index (χ0n) is 18.3. The van der Waals surface area contributed by atoms with E-state index >= 15 is 0 Å². The highest BCUT2D eigenvalue weighted by Crippen LogP contribution is 2.51. The predicted octanol–water partition coefficient (Wildman–Crippen LogP) is 6.35. The van der Waals surface area contributed by atoms with Gasteiger partial charge in [-0.2, -0.15) is 0 Å². The molecule has 1 aromatic heterocycles. The average molecular weight is 453 g/mol. The lowest BCUT2D eigenvalue weighted by Gasteiger charge is -2.37. The molecule has 1 atom stereocenters. The van der Waals surface area contributed by atoms with Crippen molar-refractivity contribution in [3.05, 3.63) is 59.0 Å². The molecule has 3 heterocycles. The van der Waals surface area contributed by atoms with Gasteiger partial charge in [0.15, 0.2) is 0 Å². The third kappa shape index (κ3) is 4.15. The second-order valence-electron chi connectivity index (χ2n) is 9.20. The van der Waals surface area contributed by atoms with Crippen LogP contribution in [0.4, 0.5) is 10.5 Å². The average Bonchev–Trinajstić information content (AvgIpc) is 3.39. The molecular formula is C25H28N2O2S2. The van der Waals surface area contributed by atoms with Crippen molar-refractivity contribution in [2.75, 3.05) is 31.1 Å². The molecule has 31 heavy (non-hydrogen) atoms. The highest BCUT2D eigenvalue weighted by molar-refractivity contribution is 7.99. The van der Waals surface area contributed by atoms with Crippen LogP contribution in [0.1, 0.15) is 37.1 Å². The van der Waals surface area contributed by atoms with Crippen LogP contribution in [0.2, 0.25) is 0 Å². The largest absolute Gasteiger partial charge is 0.444 e. The number of thioether (sulfide) groups is 1. The van der Waals surface area contributed by atoms with Crippen LogP contribution in [0.5, 0.6) is 0 Å². The summed E-state index contributed by atoms with van der Waals surface area (Å²) >= 11 is 3.81. The minimum absolute atomic E-state index is 0.204. The van der Waals surface area contributed by atoms with Gasteiger partial charge in [-0.3, -0.25) is 0 Å². The summed E-state index contributed by atoms with van der Waals surface area (Å²) in [6.45, 7) is 8.82. The van der Waals surface area contributed by atoms with Crippen LogP contribution in [0.15, 0.2) is 52.7 Å². The van der Waals surface area contributed by atoms with Gasteiger partial charge in [-0.05, 0) is 73.4 Å². The molecule has 0 radical (unpaired) electrons. The Morgan fingerprint density at radius 2 is 1.81 bits per heavy atom. The van der Waals surface area contributed by atoms with Gasteiger partial charge in [0.25, 0.3) is 0 Å². The summed E-state index contributed by atoms with van der Waals surface area (Å²) in [5.41, 5.74) is 3.77. The van der Waals surface area contributed by atoms with Crippen LogP contribution in [0, 0.1) is 0 Å². The summed E-state index contributed by atoms with van der Waals surface area (Å²) in [5, 5.41) is 4.04. The molecule has 4 nitrogen and oxygen atoms in total. The Kier molecular flexibility index (Phi) is 5.39. The number of ether oxygens (including phenoxy) is 1. The normalized spacial score (nSPS) is 19.0. The van der Waals surface area contributed by atoms with E-state index in [2.05, 4.69) is 52.7 Å². The number of amides is 1. The molecule has 5 rings (SSSR count). The first kappa shape index (κ1) is 20.7. The van der Waals surface area contributed by atoms with Crippen molar-refractivity contribution in [1.29, 1.82) is 0 Å². The molecule has 3 aromatic rings. The van der Waals surface area contributed by atoms with Crippen LogP contribution < -0.4 is 4.90 Å². The van der Waals surface area contributed by atoms with Gasteiger partial charge in [-0.1, -0.05) is 18.2 Å². The maximum Gasteiger partial charge on any atom is 0.410 e. The molecule has 1 saturated heterocycles. The number of rotatable bonds is 2. The number of piperazine rings is 1. The molecule has 6 heteroatoms. The van der Waals surface area contributed by atoms with Crippen molar-refractivity contribution in [1.82, 2.24) is 4.90 Å². The van der Waals surface area contributed by atoms with Crippen molar-refractivity contribution >= 4 is 45.0 Å². The number of anilines is 1. The van der Waals surface area contributed by atoms with Gasteiger partial charge in [0.05, 0.1) is 0 Å².